The molecule has 1 aromatic rings. The van der Waals surface area contributed by atoms with Crippen molar-refractivity contribution in [3.8, 4) is 0 Å². The predicted octanol–water partition coefficient (Wildman–Crippen LogP) is 2.53. The molecule has 0 spiro atoms. The van der Waals surface area contributed by atoms with Crippen LogP contribution in [0.25, 0.3) is 0 Å². The van der Waals surface area contributed by atoms with Gasteiger partial charge in [0.25, 0.3) is 0 Å². The summed E-state index contributed by atoms with van der Waals surface area (Å²) >= 11 is 0. The first-order chi connectivity index (χ1) is 10.8. The van der Waals surface area contributed by atoms with Gasteiger partial charge in [-0.2, -0.15) is 0 Å². The number of amides is 2. The molecule has 0 bridgehead atoms. The molecule has 5 nitrogen and oxygen atoms in total. The highest BCUT2D eigenvalue weighted by molar-refractivity contribution is 5.74. The Balaban J connectivity index is 2.33. The number of nitrogens with one attached hydrogen (secondary N) is 2. The maximum absolute atomic E-state index is 13.5. The van der Waals surface area contributed by atoms with E-state index in [0.29, 0.717) is 23.7 Å². The zero-order chi connectivity index (χ0) is 17.4. The van der Waals surface area contributed by atoms with E-state index in [4.69, 9.17) is 4.74 Å². The third-order valence-electron chi connectivity index (χ3n) is 3.30. The van der Waals surface area contributed by atoms with E-state index in [9.17, 15) is 14.3 Å². The molecule has 0 aromatic heterocycles. The van der Waals surface area contributed by atoms with Crippen LogP contribution in [0.2, 0.25) is 0 Å². The van der Waals surface area contributed by atoms with Gasteiger partial charge in [0, 0.05) is 13.2 Å². The van der Waals surface area contributed by atoms with E-state index in [1.165, 1.54) is 6.07 Å². The molecule has 0 saturated heterocycles. The third-order valence-corrected chi connectivity index (χ3v) is 3.30. The minimum Gasteiger partial charge on any atom is -0.389 e. The zero-order valence-corrected chi connectivity index (χ0v) is 14.2. The molecular weight excluding hydrogens is 299 g/mol. The Kier molecular flexibility index (Phi) is 7.98. The van der Waals surface area contributed by atoms with Gasteiger partial charge in [-0.15, -0.1) is 0 Å². The van der Waals surface area contributed by atoms with Gasteiger partial charge in [-0.3, -0.25) is 0 Å². The summed E-state index contributed by atoms with van der Waals surface area (Å²) < 4.78 is 18.8. The van der Waals surface area contributed by atoms with E-state index in [2.05, 4.69) is 10.6 Å². The SMILES string of the molecule is Cc1ccc(C(C)NC(=O)NCC(O)COCC(C)C)cc1F. The molecular formula is C17H27FN2O3. The summed E-state index contributed by atoms with van der Waals surface area (Å²) in [5, 5.41) is 15.0. The Morgan fingerprint density at radius 2 is 2.00 bits per heavy atom. The molecule has 2 atom stereocenters. The molecule has 2 unspecified atom stereocenters. The van der Waals surface area contributed by atoms with Crippen molar-refractivity contribution in [2.24, 2.45) is 5.92 Å². The number of halogens is 1. The molecule has 1 rings (SSSR count). The molecule has 0 radical (unpaired) electrons. The molecule has 2 amide bonds. The Labute approximate surface area is 137 Å². The normalized spacial score (nSPS) is 13.7. The number of rotatable bonds is 8. The van der Waals surface area contributed by atoms with Crippen LogP contribution < -0.4 is 10.6 Å². The van der Waals surface area contributed by atoms with E-state index in [1.54, 1.807) is 26.0 Å². The highest BCUT2D eigenvalue weighted by atomic mass is 19.1. The van der Waals surface area contributed by atoms with Gasteiger partial charge in [0.05, 0.1) is 18.8 Å². The van der Waals surface area contributed by atoms with Crippen LogP contribution in [0.4, 0.5) is 9.18 Å². The summed E-state index contributed by atoms with van der Waals surface area (Å²) in [5.41, 5.74) is 1.25. The molecule has 3 N–H and O–H groups in total. The fourth-order valence-electron chi connectivity index (χ4n) is 1.92. The second kappa shape index (κ2) is 9.47. The minimum atomic E-state index is -0.758. The van der Waals surface area contributed by atoms with Gasteiger partial charge < -0.3 is 20.5 Å². The number of urea groups is 1. The number of aliphatic hydroxyl groups excluding tert-OH is 1. The van der Waals surface area contributed by atoms with E-state index in [-0.39, 0.29) is 25.0 Å². The summed E-state index contributed by atoms with van der Waals surface area (Å²) in [5.74, 6) is 0.100. The lowest BCUT2D eigenvalue weighted by Gasteiger charge is -2.17. The zero-order valence-electron chi connectivity index (χ0n) is 14.2. The number of benzene rings is 1. The fraction of sp³-hybridized carbons (Fsp3) is 0.588. The van der Waals surface area contributed by atoms with Crippen LogP contribution in [0.1, 0.15) is 37.9 Å². The lowest BCUT2D eigenvalue weighted by molar-refractivity contribution is 0.0272. The van der Waals surface area contributed by atoms with Crippen molar-refractivity contribution in [3.63, 3.8) is 0 Å². The second-order valence-electron chi connectivity index (χ2n) is 6.17. The van der Waals surface area contributed by atoms with Crippen molar-refractivity contribution in [1.29, 1.82) is 0 Å². The van der Waals surface area contributed by atoms with Crippen LogP contribution in [-0.2, 0) is 4.74 Å². The standard InChI is InChI=1S/C17H27FN2O3/c1-11(2)9-23-10-15(21)8-19-17(22)20-13(4)14-6-5-12(3)16(18)7-14/h5-7,11,13,15,21H,8-10H2,1-4H3,(H2,19,20,22). The van der Waals surface area contributed by atoms with Crippen LogP contribution >= 0.6 is 0 Å². The molecule has 1 aromatic carbocycles. The second-order valence-corrected chi connectivity index (χ2v) is 6.17. The van der Waals surface area contributed by atoms with Crippen molar-refractivity contribution in [2.75, 3.05) is 19.8 Å². The van der Waals surface area contributed by atoms with Gasteiger partial charge in [0.15, 0.2) is 0 Å². The number of carbonyl (C=O) groups is 1. The van der Waals surface area contributed by atoms with Gasteiger partial charge in [-0.25, -0.2) is 9.18 Å². The van der Waals surface area contributed by atoms with Crippen molar-refractivity contribution in [1.82, 2.24) is 10.6 Å². The topological polar surface area (TPSA) is 70.6 Å². The van der Waals surface area contributed by atoms with Crippen molar-refractivity contribution in [3.05, 3.63) is 35.1 Å². The summed E-state index contributed by atoms with van der Waals surface area (Å²) in [4.78, 5) is 11.8. The number of carbonyl (C=O) groups excluding carboxylic acids is 1. The van der Waals surface area contributed by atoms with Crippen LogP contribution in [-0.4, -0.2) is 37.0 Å². The van der Waals surface area contributed by atoms with Crippen molar-refractivity contribution in [2.45, 2.75) is 39.8 Å². The van der Waals surface area contributed by atoms with Gasteiger partial charge in [0.2, 0.25) is 0 Å². The molecule has 0 aliphatic heterocycles. The smallest absolute Gasteiger partial charge is 0.315 e. The largest absolute Gasteiger partial charge is 0.389 e. The highest BCUT2D eigenvalue weighted by Crippen LogP contribution is 2.16. The average molecular weight is 326 g/mol. The Morgan fingerprint density at radius 1 is 1.30 bits per heavy atom. The van der Waals surface area contributed by atoms with E-state index >= 15 is 0 Å². The summed E-state index contributed by atoms with van der Waals surface area (Å²) in [6.45, 7) is 8.34. The summed E-state index contributed by atoms with van der Waals surface area (Å²) in [7, 11) is 0. The summed E-state index contributed by atoms with van der Waals surface area (Å²) in [6, 6.07) is 4.12. The average Bonchev–Trinajstić information content (AvgIpc) is 2.47. The highest BCUT2D eigenvalue weighted by Gasteiger charge is 2.12. The Bertz CT molecular complexity index is 509. The molecule has 23 heavy (non-hydrogen) atoms. The van der Waals surface area contributed by atoms with Crippen LogP contribution in [0.3, 0.4) is 0 Å². The molecule has 6 heteroatoms. The van der Waals surface area contributed by atoms with Crippen molar-refractivity contribution < 1.29 is 19.0 Å². The third kappa shape index (κ3) is 7.43. The predicted molar refractivity (Wildman–Crippen MR) is 87.8 cm³/mol. The van der Waals surface area contributed by atoms with Crippen molar-refractivity contribution >= 4 is 6.03 Å². The fourth-order valence-corrected chi connectivity index (χ4v) is 1.92. The lowest BCUT2D eigenvalue weighted by Crippen LogP contribution is -2.41. The number of aryl methyl sites for hydroxylation is 1. The molecule has 130 valence electrons. The maximum atomic E-state index is 13.5. The van der Waals surface area contributed by atoms with Gasteiger partial charge in [-0.1, -0.05) is 26.0 Å². The number of hydrogen-bond donors (Lipinski definition) is 3. The number of hydrogen-bond acceptors (Lipinski definition) is 3. The number of ether oxygens (including phenoxy) is 1. The summed E-state index contributed by atoms with van der Waals surface area (Å²) in [6.07, 6.45) is -0.758. The first-order valence-corrected chi connectivity index (χ1v) is 7.85. The van der Waals surface area contributed by atoms with Gasteiger partial charge in [0.1, 0.15) is 5.82 Å². The number of aliphatic hydroxyl groups is 1. The molecule has 0 fully saturated rings. The molecule has 0 aliphatic carbocycles. The lowest BCUT2D eigenvalue weighted by atomic mass is 10.1. The van der Waals surface area contributed by atoms with Crippen LogP contribution in [0, 0.1) is 18.7 Å². The van der Waals surface area contributed by atoms with E-state index in [1.807, 2.05) is 13.8 Å². The van der Waals surface area contributed by atoms with E-state index in [0.717, 1.165) is 0 Å². The van der Waals surface area contributed by atoms with Crippen LogP contribution in [0.5, 0.6) is 0 Å². The Hall–Kier alpha value is -1.66. The monoisotopic (exact) mass is 326 g/mol. The first kappa shape index (κ1) is 19.4. The van der Waals surface area contributed by atoms with Gasteiger partial charge >= 0.3 is 6.03 Å². The van der Waals surface area contributed by atoms with E-state index < -0.39 is 12.1 Å². The molecule has 0 heterocycles. The van der Waals surface area contributed by atoms with Crippen LogP contribution in [0.15, 0.2) is 18.2 Å². The maximum Gasteiger partial charge on any atom is 0.315 e. The quantitative estimate of drug-likeness (QED) is 0.687. The first-order valence-electron chi connectivity index (χ1n) is 7.85. The Morgan fingerprint density at radius 3 is 2.61 bits per heavy atom. The van der Waals surface area contributed by atoms with Gasteiger partial charge in [-0.05, 0) is 37.0 Å². The minimum absolute atomic E-state index is 0.0961. The molecule has 0 aliphatic rings. The molecule has 0 saturated carbocycles.